The lowest BCUT2D eigenvalue weighted by molar-refractivity contribution is -0.140. The number of rotatable bonds is 19. The molecule has 3 N–H and O–H groups in total. The van der Waals surface area contributed by atoms with Gasteiger partial charge in [0.15, 0.2) is 0 Å². The van der Waals surface area contributed by atoms with Crippen molar-refractivity contribution in [3.05, 3.63) is 101 Å². The molecule has 0 bridgehead atoms. The second-order valence-electron chi connectivity index (χ2n) is 11.9. The van der Waals surface area contributed by atoms with E-state index in [0.717, 1.165) is 42.8 Å². The molecule has 266 valence electrons. The first kappa shape index (κ1) is 37.3. The Morgan fingerprint density at radius 2 is 1.84 bits per heavy atom. The SMILES string of the molecule is CCN(CC)CCCOC1(COc2cc(OCc3ccc4nonc4c3)c(CNC(CO)C(=O)O)cc2Cl)C=CC=C(c2ccccc2)C1Cl. The standard InChI is InChI=1S/C37H42Cl2N4O7/c1-3-43(4-2)16-9-17-49-37(15-8-12-28(35(37)39)26-10-6-5-7-11-26)24-48-34-20-33(27(19-29(34)38)21-40-32(22-44)36(45)46)47-23-25-13-14-30-31(18-25)42-50-41-30/h5-8,10-15,18-20,32,35,40,44H,3-4,9,16-17,21-24H2,1-2H3,(H,45,46). The zero-order chi connectivity index (χ0) is 35.5. The summed E-state index contributed by atoms with van der Waals surface area (Å²) in [6, 6.07) is 17.5. The maximum absolute atomic E-state index is 11.6. The molecule has 1 aliphatic rings. The van der Waals surface area contributed by atoms with Crippen LogP contribution >= 0.6 is 23.2 Å². The van der Waals surface area contributed by atoms with E-state index in [1.807, 2.05) is 54.6 Å². The third-order valence-electron chi connectivity index (χ3n) is 8.65. The first-order valence-electron chi connectivity index (χ1n) is 16.6. The van der Waals surface area contributed by atoms with Crippen LogP contribution in [0.4, 0.5) is 0 Å². The van der Waals surface area contributed by atoms with Gasteiger partial charge in [-0.15, -0.1) is 11.6 Å². The number of aliphatic hydroxyl groups excluding tert-OH is 1. The normalized spacial score (nSPS) is 18.0. The maximum Gasteiger partial charge on any atom is 0.323 e. The number of aliphatic hydroxyl groups is 1. The predicted octanol–water partition coefficient (Wildman–Crippen LogP) is 6.12. The maximum atomic E-state index is 11.6. The number of allylic oxidation sites excluding steroid dienone is 2. The molecule has 1 aliphatic carbocycles. The number of alkyl halides is 1. The van der Waals surface area contributed by atoms with Gasteiger partial charge in [-0.05, 0) is 70.8 Å². The summed E-state index contributed by atoms with van der Waals surface area (Å²) in [4.78, 5) is 13.9. The number of hydrogen-bond acceptors (Lipinski definition) is 10. The first-order chi connectivity index (χ1) is 24.3. The molecule has 3 atom stereocenters. The molecule has 0 saturated heterocycles. The van der Waals surface area contributed by atoms with Crippen LogP contribution in [0.3, 0.4) is 0 Å². The highest BCUT2D eigenvalue weighted by molar-refractivity contribution is 6.32. The van der Waals surface area contributed by atoms with E-state index in [9.17, 15) is 15.0 Å². The van der Waals surface area contributed by atoms with E-state index in [-0.39, 0.29) is 24.8 Å². The van der Waals surface area contributed by atoms with Crippen molar-refractivity contribution < 1.29 is 33.8 Å². The second-order valence-corrected chi connectivity index (χ2v) is 12.7. The summed E-state index contributed by atoms with van der Waals surface area (Å²) in [6.45, 7) is 7.22. The summed E-state index contributed by atoms with van der Waals surface area (Å²) in [5.41, 5.74) is 3.45. The molecule has 13 heteroatoms. The first-order valence-corrected chi connectivity index (χ1v) is 17.4. The number of nitrogens with one attached hydrogen (secondary N) is 1. The minimum Gasteiger partial charge on any atom is -0.488 e. The molecule has 50 heavy (non-hydrogen) atoms. The average Bonchev–Trinajstić information content (AvgIpc) is 3.60. The van der Waals surface area contributed by atoms with Crippen LogP contribution in [0.5, 0.6) is 11.5 Å². The Hall–Kier alpha value is -3.97. The van der Waals surface area contributed by atoms with Gasteiger partial charge in [-0.1, -0.05) is 74.0 Å². The summed E-state index contributed by atoms with van der Waals surface area (Å²) in [5.74, 6) is -0.450. The van der Waals surface area contributed by atoms with Gasteiger partial charge in [-0.2, -0.15) is 0 Å². The van der Waals surface area contributed by atoms with Gasteiger partial charge in [0.2, 0.25) is 0 Å². The van der Waals surface area contributed by atoms with E-state index < -0.39 is 29.6 Å². The van der Waals surface area contributed by atoms with Crippen molar-refractivity contribution in [2.45, 2.75) is 50.4 Å². The Balaban J connectivity index is 1.40. The molecule has 0 aliphatic heterocycles. The summed E-state index contributed by atoms with van der Waals surface area (Å²) in [6.07, 6.45) is 6.69. The Bertz CT molecular complexity index is 1780. The van der Waals surface area contributed by atoms with Crippen LogP contribution < -0.4 is 14.8 Å². The molecule has 1 aromatic heterocycles. The molecule has 0 spiro atoms. The van der Waals surface area contributed by atoms with Crippen LogP contribution in [-0.2, 0) is 22.7 Å². The number of benzene rings is 3. The highest BCUT2D eigenvalue weighted by Gasteiger charge is 2.42. The molecule has 0 fully saturated rings. The molecule has 0 radical (unpaired) electrons. The van der Waals surface area contributed by atoms with Crippen molar-refractivity contribution in [3.63, 3.8) is 0 Å². The number of ether oxygens (including phenoxy) is 3. The van der Waals surface area contributed by atoms with Gasteiger partial charge in [0.25, 0.3) is 0 Å². The van der Waals surface area contributed by atoms with Gasteiger partial charge < -0.3 is 29.3 Å². The average molecular weight is 726 g/mol. The Kier molecular flexibility index (Phi) is 13.3. The molecular formula is C37H42Cl2N4O7. The zero-order valence-electron chi connectivity index (χ0n) is 28.1. The largest absolute Gasteiger partial charge is 0.488 e. The van der Waals surface area contributed by atoms with Gasteiger partial charge in [-0.3, -0.25) is 10.1 Å². The van der Waals surface area contributed by atoms with Crippen LogP contribution in [-0.4, -0.2) is 87.9 Å². The highest BCUT2D eigenvalue weighted by Crippen LogP contribution is 2.40. The third-order valence-corrected chi connectivity index (χ3v) is 9.55. The monoisotopic (exact) mass is 724 g/mol. The number of carboxylic acids is 1. The molecule has 0 amide bonds. The number of hydrogen-bond donors (Lipinski definition) is 3. The van der Waals surface area contributed by atoms with E-state index in [0.29, 0.717) is 34.7 Å². The number of carbonyl (C=O) groups is 1. The minimum atomic E-state index is -1.18. The highest BCUT2D eigenvalue weighted by atomic mass is 35.5. The molecular weight excluding hydrogens is 683 g/mol. The number of halogens is 2. The fraction of sp³-hybridized carbons (Fsp3) is 0.378. The fourth-order valence-electron chi connectivity index (χ4n) is 5.69. The van der Waals surface area contributed by atoms with E-state index in [1.165, 1.54) is 0 Å². The van der Waals surface area contributed by atoms with Crippen LogP contribution in [0.1, 0.15) is 37.0 Å². The smallest absolute Gasteiger partial charge is 0.323 e. The van der Waals surface area contributed by atoms with Crippen molar-refractivity contribution in [3.8, 4) is 11.5 Å². The van der Waals surface area contributed by atoms with Crippen LogP contribution in [0.2, 0.25) is 5.02 Å². The molecule has 5 rings (SSSR count). The fourth-order valence-corrected chi connectivity index (χ4v) is 6.32. The molecule has 4 aromatic rings. The van der Waals surface area contributed by atoms with Crippen molar-refractivity contribution >= 4 is 45.8 Å². The number of aromatic nitrogens is 2. The van der Waals surface area contributed by atoms with Crippen LogP contribution in [0, 0.1) is 0 Å². The van der Waals surface area contributed by atoms with Gasteiger partial charge >= 0.3 is 5.97 Å². The van der Waals surface area contributed by atoms with E-state index in [2.05, 4.69) is 34.4 Å². The molecule has 0 saturated carbocycles. The lowest BCUT2D eigenvalue weighted by Gasteiger charge is -2.38. The third kappa shape index (κ3) is 9.22. The summed E-state index contributed by atoms with van der Waals surface area (Å²) < 4.78 is 24.1. The molecule has 11 nitrogen and oxygen atoms in total. The Morgan fingerprint density at radius 1 is 1.06 bits per heavy atom. The number of fused-ring (bicyclic) bond motifs is 1. The summed E-state index contributed by atoms with van der Waals surface area (Å²) >= 11 is 14.1. The van der Waals surface area contributed by atoms with E-state index in [4.69, 9.17) is 42.0 Å². The quantitative estimate of drug-likeness (QED) is 0.0762. The van der Waals surface area contributed by atoms with Crippen molar-refractivity contribution in [1.29, 1.82) is 0 Å². The second kappa shape index (κ2) is 17.8. The lowest BCUT2D eigenvalue weighted by atomic mass is 9.86. The van der Waals surface area contributed by atoms with Crippen molar-refractivity contribution in [2.75, 3.05) is 39.5 Å². The number of nitrogens with zero attached hydrogens (tertiary/aromatic N) is 3. The predicted molar refractivity (Wildman–Crippen MR) is 193 cm³/mol. The zero-order valence-corrected chi connectivity index (χ0v) is 29.6. The topological polar surface area (TPSA) is 139 Å². The van der Waals surface area contributed by atoms with E-state index in [1.54, 1.807) is 24.3 Å². The van der Waals surface area contributed by atoms with Gasteiger partial charge in [0.1, 0.15) is 47.4 Å². The Labute approximate surface area is 301 Å². The van der Waals surface area contributed by atoms with Crippen molar-refractivity contribution in [1.82, 2.24) is 20.5 Å². The van der Waals surface area contributed by atoms with E-state index >= 15 is 0 Å². The summed E-state index contributed by atoms with van der Waals surface area (Å²) in [7, 11) is 0. The number of carboxylic acid groups (broad SMARTS) is 1. The minimum absolute atomic E-state index is 0.0469. The Morgan fingerprint density at radius 3 is 2.58 bits per heavy atom. The molecule has 3 aromatic carbocycles. The lowest BCUT2D eigenvalue weighted by Crippen LogP contribution is -2.47. The van der Waals surface area contributed by atoms with Gasteiger partial charge in [0.05, 0.1) is 17.0 Å². The summed E-state index contributed by atoms with van der Waals surface area (Å²) in [5, 5.41) is 29.3. The van der Waals surface area contributed by atoms with Crippen LogP contribution in [0.25, 0.3) is 16.6 Å². The van der Waals surface area contributed by atoms with Crippen LogP contribution in [0.15, 0.2) is 83.5 Å². The van der Waals surface area contributed by atoms with Gasteiger partial charge in [0, 0.05) is 31.3 Å². The molecule has 1 heterocycles. The van der Waals surface area contributed by atoms with Gasteiger partial charge in [-0.25, -0.2) is 4.63 Å². The van der Waals surface area contributed by atoms with Crippen molar-refractivity contribution in [2.24, 2.45) is 0 Å². The number of aliphatic carboxylic acids is 1. The molecule has 3 unspecified atom stereocenters.